The molecule has 0 spiro atoms. The molecular weight excluding hydrogens is 973 g/mol. The summed E-state index contributed by atoms with van der Waals surface area (Å²) in [4.78, 5) is 27.1. The third kappa shape index (κ3) is 16.1. The Morgan fingerprint density at radius 1 is 0.359 bits per heavy atom. The predicted octanol–water partition coefficient (Wildman–Crippen LogP) is 13.9. The maximum Gasteiger partial charge on any atom is 0.165 e. The molecule has 0 aliphatic heterocycles. The van der Waals surface area contributed by atoms with Gasteiger partial charge in [-0.1, -0.05) is 87.9 Å². The van der Waals surface area contributed by atoms with Crippen LogP contribution in [-0.4, -0.2) is 66.5 Å². The van der Waals surface area contributed by atoms with E-state index in [-0.39, 0.29) is 0 Å². The van der Waals surface area contributed by atoms with E-state index in [4.69, 9.17) is 18.9 Å². The lowest BCUT2D eigenvalue weighted by Crippen LogP contribution is -2.00. The number of benzene rings is 5. The number of aryl methyl sites for hydroxylation is 2. The van der Waals surface area contributed by atoms with Gasteiger partial charge in [0.2, 0.25) is 0 Å². The highest BCUT2D eigenvalue weighted by Gasteiger charge is 2.13. The van der Waals surface area contributed by atoms with Gasteiger partial charge in [-0.2, -0.15) is 0 Å². The highest BCUT2D eigenvalue weighted by molar-refractivity contribution is 5.86. The molecule has 0 saturated carbocycles. The molecule has 0 radical (unpaired) electrons. The molecular formula is C64H68N10O4. The number of ether oxygens (including phenoxy) is 4. The van der Waals surface area contributed by atoms with Gasteiger partial charge < -0.3 is 38.7 Å². The van der Waals surface area contributed by atoms with Crippen molar-refractivity contribution in [3.05, 3.63) is 169 Å². The summed E-state index contributed by atoms with van der Waals surface area (Å²) in [6.07, 6.45) is 23.1. The zero-order valence-corrected chi connectivity index (χ0v) is 44.8. The fourth-order valence-electron chi connectivity index (χ4n) is 9.00. The number of nitrogens with one attached hydrogen (secondary N) is 2. The van der Waals surface area contributed by atoms with Gasteiger partial charge in [0.05, 0.1) is 40.1 Å². The third-order valence-corrected chi connectivity index (χ3v) is 13.4. The fraction of sp³-hybridized carbons (Fsp3) is 0.312. The number of methoxy groups -OCH3 is 2. The van der Waals surface area contributed by atoms with Gasteiger partial charge in [-0.25, -0.2) is 29.9 Å². The van der Waals surface area contributed by atoms with Crippen molar-refractivity contribution in [2.45, 2.75) is 103 Å². The van der Waals surface area contributed by atoms with Crippen molar-refractivity contribution >= 4 is 45.3 Å². The van der Waals surface area contributed by atoms with Crippen LogP contribution in [0.25, 0.3) is 22.3 Å². The molecule has 0 saturated heterocycles. The smallest absolute Gasteiger partial charge is 0.165 e. The van der Waals surface area contributed by atoms with E-state index in [1.165, 1.54) is 51.4 Å². The molecule has 14 nitrogen and oxygen atoms in total. The second kappa shape index (κ2) is 28.9. The lowest BCUT2D eigenvalue weighted by Gasteiger charge is -2.08. The number of imidazole rings is 2. The molecule has 4 heterocycles. The van der Waals surface area contributed by atoms with Crippen LogP contribution >= 0.6 is 0 Å². The van der Waals surface area contributed by atoms with E-state index < -0.39 is 0 Å². The number of rotatable bonds is 28. The van der Waals surface area contributed by atoms with Crippen LogP contribution < -0.4 is 29.6 Å². The number of hydrogen-bond donors (Lipinski definition) is 2. The van der Waals surface area contributed by atoms with Gasteiger partial charge in [0.1, 0.15) is 35.7 Å². The lowest BCUT2D eigenvalue weighted by molar-refractivity contribution is 0.304. The SMILES string of the molecule is COc1ccc(Nc2ncnc3c2ncn3CCCCCCCCCOc2ccc(C#Cc3ccc(C#Cc4ccc(OCCCCCCCCCn5cnc6c(Nc7ccc(OC)cc7)ncnc65)cc4)cc3)cc2)cc1. The van der Waals surface area contributed by atoms with Crippen LogP contribution in [-0.2, 0) is 13.1 Å². The molecule has 9 rings (SSSR count). The van der Waals surface area contributed by atoms with Crippen LogP contribution in [0.3, 0.4) is 0 Å². The summed E-state index contributed by atoms with van der Waals surface area (Å²) >= 11 is 0. The van der Waals surface area contributed by atoms with E-state index >= 15 is 0 Å². The monoisotopic (exact) mass is 1040 g/mol. The standard InChI is InChI=1S/C64H68N10O4/c1-75-55-37-29-53(30-38-55)71-61-59-63(67-45-65-61)73(47-69-59)41-13-9-5-3-7-11-15-43-77-57-33-25-51(26-34-57)23-21-49-17-19-50(20-18-49)22-24-52-27-35-58(36-28-52)78-44-16-12-8-4-6-10-14-42-74-48-70-60-62(66-46-68-64(60)74)72-54-31-39-56(76-2)40-32-54/h17-20,25-40,45-48H,3-16,41-44H2,1-2H3,(H,65,67,71)(H,66,68,72). The summed E-state index contributed by atoms with van der Waals surface area (Å²) in [6.45, 7) is 3.20. The fourth-order valence-corrected chi connectivity index (χ4v) is 9.00. The first kappa shape index (κ1) is 53.9. The van der Waals surface area contributed by atoms with Crippen LogP contribution in [0.1, 0.15) is 112 Å². The Morgan fingerprint density at radius 2 is 0.679 bits per heavy atom. The molecule has 78 heavy (non-hydrogen) atoms. The molecule has 398 valence electrons. The van der Waals surface area contributed by atoms with E-state index in [0.29, 0.717) is 24.8 Å². The highest BCUT2D eigenvalue weighted by atomic mass is 16.5. The van der Waals surface area contributed by atoms with Crippen molar-refractivity contribution in [3.8, 4) is 46.7 Å². The van der Waals surface area contributed by atoms with Gasteiger partial charge in [-0.15, -0.1) is 0 Å². The Bertz CT molecular complexity index is 3160. The average molecular weight is 1040 g/mol. The molecule has 4 aromatic heterocycles. The van der Waals surface area contributed by atoms with Crippen LogP contribution in [0.4, 0.5) is 23.0 Å². The van der Waals surface area contributed by atoms with E-state index in [9.17, 15) is 0 Å². The van der Waals surface area contributed by atoms with Gasteiger partial charge in [-0.3, -0.25) is 0 Å². The van der Waals surface area contributed by atoms with Gasteiger partial charge >= 0.3 is 0 Å². The molecule has 14 heteroatoms. The van der Waals surface area contributed by atoms with Gasteiger partial charge in [0, 0.05) is 46.7 Å². The van der Waals surface area contributed by atoms with Crippen molar-refractivity contribution < 1.29 is 18.9 Å². The van der Waals surface area contributed by atoms with Crippen LogP contribution in [0.2, 0.25) is 0 Å². The normalized spacial score (nSPS) is 10.9. The molecule has 0 unspecified atom stereocenters. The van der Waals surface area contributed by atoms with E-state index in [1.54, 1.807) is 26.9 Å². The first-order valence-corrected chi connectivity index (χ1v) is 27.3. The topological polar surface area (TPSA) is 148 Å². The van der Waals surface area contributed by atoms with E-state index in [2.05, 4.69) is 73.4 Å². The van der Waals surface area contributed by atoms with Crippen LogP contribution in [0.5, 0.6) is 23.0 Å². The molecule has 9 aromatic rings. The molecule has 0 aliphatic rings. The van der Waals surface area contributed by atoms with Crippen LogP contribution in [0, 0.1) is 23.7 Å². The largest absolute Gasteiger partial charge is 0.497 e. The van der Waals surface area contributed by atoms with Gasteiger partial charge in [0.15, 0.2) is 34.0 Å². The molecule has 0 bridgehead atoms. The van der Waals surface area contributed by atoms with Crippen molar-refractivity contribution in [2.24, 2.45) is 0 Å². The quantitative estimate of drug-likeness (QED) is 0.0355. The Labute approximate surface area is 458 Å². The maximum absolute atomic E-state index is 6.03. The maximum atomic E-state index is 6.03. The second-order valence-electron chi connectivity index (χ2n) is 19.1. The third-order valence-electron chi connectivity index (χ3n) is 13.4. The molecule has 0 fully saturated rings. The molecule has 5 aromatic carbocycles. The summed E-state index contributed by atoms with van der Waals surface area (Å²) in [7, 11) is 3.32. The number of anilines is 4. The van der Waals surface area contributed by atoms with E-state index in [1.807, 2.05) is 134 Å². The summed E-state index contributed by atoms with van der Waals surface area (Å²) in [5.74, 6) is 17.9. The number of aromatic nitrogens is 8. The Hall–Kier alpha value is -8.88. The van der Waals surface area contributed by atoms with Gasteiger partial charge in [0.25, 0.3) is 0 Å². The molecule has 2 N–H and O–H groups in total. The second-order valence-corrected chi connectivity index (χ2v) is 19.1. The Morgan fingerprint density at radius 3 is 1.04 bits per heavy atom. The van der Waals surface area contributed by atoms with Gasteiger partial charge in [-0.05, 0) is 147 Å². The number of fused-ring (bicyclic) bond motifs is 2. The minimum Gasteiger partial charge on any atom is -0.497 e. The minimum absolute atomic E-state index is 0.698. The zero-order chi connectivity index (χ0) is 53.4. The highest BCUT2D eigenvalue weighted by Crippen LogP contribution is 2.26. The summed E-state index contributed by atoms with van der Waals surface area (Å²) in [6, 6.07) is 39.6. The summed E-state index contributed by atoms with van der Waals surface area (Å²) in [5, 5.41) is 6.71. The van der Waals surface area contributed by atoms with Crippen molar-refractivity contribution in [3.63, 3.8) is 0 Å². The first-order valence-electron chi connectivity index (χ1n) is 27.3. The number of unbranched alkanes of at least 4 members (excludes halogenated alkanes) is 12. The lowest BCUT2D eigenvalue weighted by atomic mass is 10.1. The van der Waals surface area contributed by atoms with Crippen molar-refractivity contribution in [1.82, 2.24) is 39.0 Å². The van der Waals surface area contributed by atoms with Crippen molar-refractivity contribution in [2.75, 3.05) is 38.1 Å². The zero-order valence-electron chi connectivity index (χ0n) is 44.8. The number of hydrogen-bond acceptors (Lipinski definition) is 12. The first-order chi connectivity index (χ1) is 38.6. The van der Waals surface area contributed by atoms with Crippen molar-refractivity contribution in [1.29, 1.82) is 0 Å². The Kier molecular flexibility index (Phi) is 20.0. The summed E-state index contributed by atoms with van der Waals surface area (Å²) < 4.78 is 26.8. The molecule has 0 atom stereocenters. The molecule has 0 amide bonds. The van der Waals surface area contributed by atoms with Crippen LogP contribution in [0.15, 0.2) is 147 Å². The Balaban J connectivity index is 0.583. The minimum atomic E-state index is 0.698. The predicted molar refractivity (Wildman–Crippen MR) is 310 cm³/mol. The van der Waals surface area contributed by atoms with E-state index in [0.717, 1.165) is 131 Å². The number of nitrogens with zero attached hydrogens (tertiary/aromatic N) is 8. The average Bonchev–Trinajstić information content (AvgIpc) is 4.16. The summed E-state index contributed by atoms with van der Waals surface area (Å²) in [5.41, 5.74) is 8.86. The molecule has 0 aliphatic carbocycles.